The predicted octanol–water partition coefficient (Wildman–Crippen LogP) is 1.45. The summed E-state index contributed by atoms with van der Waals surface area (Å²) in [6, 6.07) is 1.97. The maximum absolute atomic E-state index is 11.5. The fourth-order valence-electron chi connectivity index (χ4n) is 3.65. The van der Waals surface area contributed by atoms with E-state index in [4.69, 9.17) is 15.8 Å². The molecule has 0 unspecified atom stereocenters. The average Bonchev–Trinajstić information content (AvgIpc) is 3.21. The first-order chi connectivity index (χ1) is 12.5. The summed E-state index contributed by atoms with van der Waals surface area (Å²) < 4.78 is 3.84. The molecule has 1 saturated heterocycles. The van der Waals surface area contributed by atoms with Gasteiger partial charge < -0.3 is 15.2 Å². The second kappa shape index (κ2) is 6.12. The number of rotatable bonds is 3. The van der Waals surface area contributed by atoms with Gasteiger partial charge in [-0.05, 0) is 26.7 Å². The number of carbonyl (C=O) groups is 1. The topological polar surface area (TPSA) is 94.3 Å². The molecule has 0 spiro atoms. The molecule has 1 amide bonds. The quantitative estimate of drug-likeness (QED) is 0.769. The highest BCUT2D eigenvalue weighted by Crippen LogP contribution is 2.29. The molecule has 0 aliphatic carbocycles. The van der Waals surface area contributed by atoms with Gasteiger partial charge in [-0.15, -0.1) is 0 Å². The highest BCUT2D eigenvalue weighted by Gasteiger charge is 2.26. The van der Waals surface area contributed by atoms with Gasteiger partial charge in [-0.25, -0.2) is 9.97 Å². The molecular weight excluding hydrogens is 330 g/mol. The lowest BCUT2D eigenvalue weighted by Crippen LogP contribution is -2.39. The molecule has 3 aromatic heterocycles. The van der Waals surface area contributed by atoms with Crippen molar-refractivity contribution >= 4 is 17.4 Å². The van der Waals surface area contributed by atoms with Crippen molar-refractivity contribution < 1.29 is 4.79 Å². The number of piperidine rings is 1. The van der Waals surface area contributed by atoms with E-state index in [0.717, 1.165) is 60.2 Å². The van der Waals surface area contributed by atoms with E-state index in [1.165, 1.54) is 0 Å². The molecular formula is C18H23N7O. The van der Waals surface area contributed by atoms with Gasteiger partial charge in [0, 0.05) is 55.8 Å². The maximum atomic E-state index is 11.5. The number of aryl methyl sites for hydroxylation is 2. The highest BCUT2D eigenvalue weighted by molar-refractivity contribution is 5.77. The number of hydrogen-bond acceptors (Lipinski definition) is 5. The Labute approximate surface area is 151 Å². The summed E-state index contributed by atoms with van der Waals surface area (Å²) in [5.74, 6) is 1.61. The van der Waals surface area contributed by atoms with E-state index in [1.807, 2.05) is 35.3 Å². The molecule has 0 atom stereocenters. The molecule has 136 valence electrons. The van der Waals surface area contributed by atoms with Gasteiger partial charge in [-0.1, -0.05) is 0 Å². The summed E-state index contributed by atoms with van der Waals surface area (Å²) in [5.41, 5.74) is 9.16. The summed E-state index contributed by atoms with van der Waals surface area (Å²) in [7, 11) is 1.95. The number of primary amides is 1. The van der Waals surface area contributed by atoms with Crippen molar-refractivity contribution in [2.45, 2.75) is 26.7 Å². The Balaban J connectivity index is 1.78. The highest BCUT2D eigenvalue weighted by atomic mass is 16.1. The maximum Gasteiger partial charge on any atom is 0.220 e. The molecule has 0 aromatic carbocycles. The van der Waals surface area contributed by atoms with Crippen LogP contribution in [0.15, 0.2) is 18.5 Å². The van der Waals surface area contributed by atoms with Gasteiger partial charge >= 0.3 is 0 Å². The van der Waals surface area contributed by atoms with Crippen molar-refractivity contribution in [1.82, 2.24) is 24.1 Å². The normalized spacial score (nSPS) is 15.7. The van der Waals surface area contributed by atoms with Crippen LogP contribution in [0.2, 0.25) is 0 Å². The van der Waals surface area contributed by atoms with Crippen molar-refractivity contribution in [3.8, 4) is 11.5 Å². The standard InChI is InChI=1S/C18H23N7O/c1-11-12(2)21-15-10-14(17-20-6-9-23(17)3)22-25(15)18(11)24-7-4-13(5-8-24)16(19)26/h6,9-10,13H,4-5,7-8H2,1-3H3,(H2,19,26). The number of nitrogens with two attached hydrogens (primary N) is 1. The van der Waals surface area contributed by atoms with Crippen LogP contribution in [0.3, 0.4) is 0 Å². The second-order valence-electron chi connectivity index (χ2n) is 6.97. The Hall–Kier alpha value is -2.90. The van der Waals surface area contributed by atoms with Crippen molar-refractivity contribution in [2.24, 2.45) is 18.7 Å². The van der Waals surface area contributed by atoms with Crippen LogP contribution in [0.4, 0.5) is 5.82 Å². The summed E-state index contributed by atoms with van der Waals surface area (Å²) >= 11 is 0. The molecule has 4 heterocycles. The van der Waals surface area contributed by atoms with Crippen molar-refractivity contribution in [1.29, 1.82) is 0 Å². The fourth-order valence-corrected chi connectivity index (χ4v) is 3.65. The molecule has 1 aliphatic heterocycles. The summed E-state index contributed by atoms with van der Waals surface area (Å²) in [4.78, 5) is 22.8. The molecule has 1 fully saturated rings. The van der Waals surface area contributed by atoms with Crippen LogP contribution in [0.25, 0.3) is 17.2 Å². The molecule has 0 radical (unpaired) electrons. The van der Waals surface area contributed by atoms with E-state index in [1.54, 1.807) is 6.20 Å². The Morgan fingerprint density at radius 3 is 2.62 bits per heavy atom. The molecule has 2 N–H and O–H groups in total. The van der Waals surface area contributed by atoms with Gasteiger partial charge in [-0.2, -0.15) is 9.61 Å². The Bertz CT molecular complexity index is 979. The van der Waals surface area contributed by atoms with Crippen LogP contribution < -0.4 is 10.6 Å². The summed E-state index contributed by atoms with van der Waals surface area (Å²) in [6.45, 7) is 5.65. The number of aromatic nitrogens is 5. The van der Waals surface area contributed by atoms with Gasteiger partial charge in [-0.3, -0.25) is 4.79 Å². The number of anilines is 1. The molecule has 1 aliphatic rings. The van der Waals surface area contributed by atoms with E-state index in [2.05, 4.69) is 16.8 Å². The predicted molar refractivity (Wildman–Crippen MR) is 98.8 cm³/mol. The van der Waals surface area contributed by atoms with Gasteiger partial charge in [0.15, 0.2) is 11.5 Å². The Kier molecular flexibility index (Phi) is 3.90. The number of fused-ring (bicyclic) bond motifs is 1. The number of carbonyl (C=O) groups excluding carboxylic acids is 1. The minimum Gasteiger partial charge on any atom is -0.369 e. The lowest BCUT2D eigenvalue weighted by molar-refractivity contribution is -0.122. The molecule has 0 bridgehead atoms. The number of nitrogens with zero attached hydrogens (tertiary/aromatic N) is 6. The van der Waals surface area contributed by atoms with Crippen molar-refractivity contribution in [3.05, 3.63) is 29.7 Å². The second-order valence-corrected chi connectivity index (χ2v) is 6.97. The van der Waals surface area contributed by atoms with E-state index >= 15 is 0 Å². The number of hydrogen-bond donors (Lipinski definition) is 1. The lowest BCUT2D eigenvalue weighted by atomic mass is 9.96. The SMILES string of the molecule is Cc1nc2cc(-c3nccn3C)nn2c(N2CCC(C(N)=O)CC2)c1C. The number of imidazole rings is 1. The smallest absolute Gasteiger partial charge is 0.220 e. The molecule has 0 saturated carbocycles. The third-order valence-corrected chi connectivity index (χ3v) is 5.30. The molecule has 8 nitrogen and oxygen atoms in total. The third kappa shape index (κ3) is 2.61. The van der Waals surface area contributed by atoms with Crippen LogP contribution >= 0.6 is 0 Å². The van der Waals surface area contributed by atoms with Crippen LogP contribution in [0.1, 0.15) is 24.1 Å². The molecule has 4 rings (SSSR count). The monoisotopic (exact) mass is 353 g/mol. The zero-order chi connectivity index (χ0) is 18.4. The van der Waals surface area contributed by atoms with Crippen LogP contribution in [-0.2, 0) is 11.8 Å². The Morgan fingerprint density at radius 1 is 1.27 bits per heavy atom. The first kappa shape index (κ1) is 16.6. The first-order valence-corrected chi connectivity index (χ1v) is 8.84. The van der Waals surface area contributed by atoms with E-state index in [9.17, 15) is 4.79 Å². The summed E-state index contributed by atoms with van der Waals surface area (Å²) in [5, 5.41) is 4.78. The minimum absolute atomic E-state index is 0.0364. The van der Waals surface area contributed by atoms with Crippen LogP contribution in [0.5, 0.6) is 0 Å². The van der Waals surface area contributed by atoms with E-state index in [0.29, 0.717) is 0 Å². The van der Waals surface area contributed by atoms with Crippen molar-refractivity contribution in [2.75, 3.05) is 18.0 Å². The Morgan fingerprint density at radius 2 is 2.00 bits per heavy atom. The van der Waals surface area contributed by atoms with Gasteiger partial charge in [0.05, 0.1) is 0 Å². The van der Waals surface area contributed by atoms with Gasteiger partial charge in [0.2, 0.25) is 5.91 Å². The molecule has 3 aromatic rings. The third-order valence-electron chi connectivity index (χ3n) is 5.30. The minimum atomic E-state index is -0.200. The van der Waals surface area contributed by atoms with E-state index < -0.39 is 0 Å². The van der Waals surface area contributed by atoms with Gasteiger partial charge in [0.25, 0.3) is 0 Å². The largest absolute Gasteiger partial charge is 0.369 e. The lowest BCUT2D eigenvalue weighted by Gasteiger charge is -2.33. The van der Waals surface area contributed by atoms with Crippen LogP contribution in [-0.4, -0.2) is 43.1 Å². The molecule has 26 heavy (non-hydrogen) atoms. The zero-order valence-electron chi connectivity index (χ0n) is 15.3. The average molecular weight is 353 g/mol. The molecule has 8 heteroatoms. The van der Waals surface area contributed by atoms with Crippen molar-refractivity contribution in [3.63, 3.8) is 0 Å². The fraction of sp³-hybridized carbons (Fsp3) is 0.444. The van der Waals surface area contributed by atoms with Crippen LogP contribution in [0, 0.1) is 19.8 Å². The zero-order valence-corrected chi connectivity index (χ0v) is 15.3. The van der Waals surface area contributed by atoms with E-state index in [-0.39, 0.29) is 11.8 Å². The summed E-state index contributed by atoms with van der Waals surface area (Å²) in [6.07, 6.45) is 5.20. The first-order valence-electron chi connectivity index (χ1n) is 8.84. The van der Waals surface area contributed by atoms with Gasteiger partial charge in [0.1, 0.15) is 11.5 Å². The number of amides is 1.